The van der Waals surface area contributed by atoms with Gasteiger partial charge in [0.2, 0.25) is 11.8 Å². The highest BCUT2D eigenvalue weighted by molar-refractivity contribution is 5.94. The van der Waals surface area contributed by atoms with Gasteiger partial charge in [0, 0.05) is 12.6 Å². The molecule has 0 saturated carbocycles. The van der Waals surface area contributed by atoms with E-state index in [1.807, 2.05) is 6.07 Å². The molecule has 0 unspecified atom stereocenters. The van der Waals surface area contributed by atoms with Crippen LogP contribution in [0.5, 0.6) is 0 Å². The Morgan fingerprint density at radius 3 is 2.83 bits per heavy atom. The number of rotatable bonds is 5. The largest absolute Gasteiger partial charge is 0.392 e. The maximum absolute atomic E-state index is 11.5. The lowest BCUT2D eigenvalue weighted by Crippen LogP contribution is -2.31. The zero-order valence-corrected chi connectivity index (χ0v) is 10.1. The van der Waals surface area contributed by atoms with Crippen LogP contribution in [0.4, 0.5) is 5.69 Å². The number of aliphatic hydroxyl groups is 1. The number of benzene rings is 1. The van der Waals surface area contributed by atoms with Crippen molar-refractivity contribution in [2.45, 2.75) is 6.92 Å². The fraction of sp³-hybridized carbons (Fsp3) is 0.231. The van der Waals surface area contributed by atoms with Gasteiger partial charge in [0.1, 0.15) is 0 Å². The third-order valence-corrected chi connectivity index (χ3v) is 2.08. The van der Waals surface area contributed by atoms with E-state index in [4.69, 9.17) is 5.11 Å². The summed E-state index contributed by atoms with van der Waals surface area (Å²) in [5.41, 5.74) is 1.52. The lowest BCUT2D eigenvalue weighted by Gasteiger charge is -2.06. The Hall–Kier alpha value is -2.14. The highest BCUT2D eigenvalue weighted by atomic mass is 16.2. The molecule has 0 saturated heterocycles. The van der Waals surface area contributed by atoms with Gasteiger partial charge in [-0.15, -0.1) is 0 Å². The second-order valence-electron chi connectivity index (χ2n) is 3.67. The van der Waals surface area contributed by atoms with Gasteiger partial charge in [-0.05, 0) is 17.7 Å². The summed E-state index contributed by atoms with van der Waals surface area (Å²) in [5, 5.41) is 13.7. The van der Waals surface area contributed by atoms with Crippen LogP contribution in [0.3, 0.4) is 0 Å². The first-order valence-corrected chi connectivity index (χ1v) is 5.53. The van der Waals surface area contributed by atoms with E-state index < -0.39 is 0 Å². The number of carbonyl (C=O) groups excluding carboxylic acids is 2. The average molecular weight is 248 g/mol. The van der Waals surface area contributed by atoms with Crippen molar-refractivity contribution in [3.05, 3.63) is 35.9 Å². The summed E-state index contributed by atoms with van der Waals surface area (Å²) < 4.78 is 0. The third-order valence-electron chi connectivity index (χ3n) is 2.08. The maximum Gasteiger partial charge on any atom is 0.243 e. The molecule has 96 valence electrons. The van der Waals surface area contributed by atoms with Crippen LogP contribution in [0, 0.1) is 0 Å². The van der Waals surface area contributed by atoms with Crippen molar-refractivity contribution in [3.8, 4) is 0 Å². The quantitative estimate of drug-likeness (QED) is 0.720. The molecule has 1 aromatic carbocycles. The summed E-state index contributed by atoms with van der Waals surface area (Å²) in [5.74, 6) is -0.529. The summed E-state index contributed by atoms with van der Waals surface area (Å²) in [6.45, 7) is 1.28. The van der Waals surface area contributed by atoms with E-state index in [2.05, 4.69) is 10.6 Å². The number of amides is 2. The smallest absolute Gasteiger partial charge is 0.243 e. The van der Waals surface area contributed by atoms with Gasteiger partial charge in [-0.1, -0.05) is 24.3 Å². The highest BCUT2D eigenvalue weighted by Crippen LogP contribution is 2.11. The Morgan fingerprint density at radius 2 is 2.17 bits per heavy atom. The van der Waals surface area contributed by atoms with Crippen LogP contribution in [-0.2, 0) is 9.59 Å². The van der Waals surface area contributed by atoms with Crippen molar-refractivity contribution in [1.29, 1.82) is 0 Å². The number of carbonyl (C=O) groups is 2. The average Bonchev–Trinajstić information content (AvgIpc) is 2.34. The summed E-state index contributed by atoms with van der Waals surface area (Å²) >= 11 is 0. The number of hydrogen-bond acceptors (Lipinski definition) is 3. The van der Waals surface area contributed by atoms with Crippen LogP contribution in [-0.4, -0.2) is 30.1 Å². The SMILES string of the molecule is CC(=O)NCC(=O)Nc1cccc(/C=C/CO)c1. The minimum atomic E-state index is -0.284. The van der Waals surface area contributed by atoms with Crippen LogP contribution >= 0.6 is 0 Å². The predicted molar refractivity (Wildman–Crippen MR) is 69.9 cm³/mol. The molecule has 1 rings (SSSR count). The first kappa shape index (κ1) is 13.9. The van der Waals surface area contributed by atoms with E-state index in [-0.39, 0.29) is 25.0 Å². The molecular formula is C13H16N2O3. The van der Waals surface area contributed by atoms with Crippen molar-refractivity contribution in [3.63, 3.8) is 0 Å². The molecule has 3 N–H and O–H groups in total. The molecule has 5 nitrogen and oxygen atoms in total. The zero-order chi connectivity index (χ0) is 13.4. The van der Waals surface area contributed by atoms with E-state index in [0.29, 0.717) is 5.69 Å². The van der Waals surface area contributed by atoms with Gasteiger partial charge < -0.3 is 15.7 Å². The van der Waals surface area contributed by atoms with Crippen molar-refractivity contribution >= 4 is 23.6 Å². The molecule has 2 amide bonds. The summed E-state index contributed by atoms with van der Waals surface area (Å²) in [6.07, 6.45) is 3.36. The molecule has 0 aliphatic rings. The van der Waals surface area contributed by atoms with Crippen LogP contribution in [0.2, 0.25) is 0 Å². The molecule has 0 aliphatic heterocycles. The second kappa shape index (κ2) is 7.24. The van der Waals surface area contributed by atoms with Gasteiger partial charge in [0.15, 0.2) is 0 Å². The van der Waals surface area contributed by atoms with E-state index >= 15 is 0 Å². The summed E-state index contributed by atoms with van der Waals surface area (Å²) in [7, 11) is 0. The van der Waals surface area contributed by atoms with Gasteiger partial charge in [-0.25, -0.2) is 0 Å². The molecule has 0 spiro atoms. The molecule has 5 heteroatoms. The first-order valence-electron chi connectivity index (χ1n) is 5.53. The Balaban J connectivity index is 2.58. The molecule has 0 radical (unpaired) electrons. The van der Waals surface area contributed by atoms with Crippen molar-refractivity contribution in [1.82, 2.24) is 5.32 Å². The van der Waals surface area contributed by atoms with E-state index in [9.17, 15) is 9.59 Å². The van der Waals surface area contributed by atoms with Gasteiger partial charge >= 0.3 is 0 Å². The van der Waals surface area contributed by atoms with Crippen LogP contribution in [0.15, 0.2) is 30.3 Å². The van der Waals surface area contributed by atoms with Crippen LogP contribution < -0.4 is 10.6 Å². The topological polar surface area (TPSA) is 78.4 Å². The molecular weight excluding hydrogens is 232 g/mol. The summed E-state index contributed by atoms with van der Waals surface area (Å²) in [6, 6.07) is 7.18. The number of aliphatic hydroxyl groups excluding tert-OH is 1. The minimum absolute atomic E-state index is 0.0287. The van der Waals surface area contributed by atoms with E-state index in [1.54, 1.807) is 30.4 Å². The van der Waals surface area contributed by atoms with Gasteiger partial charge in [0.05, 0.1) is 13.2 Å². The van der Waals surface area contributed by atoms with Gasteiger partial charge in [-0.2, -0.15) is 0 Å². The third kappa shape index (κ3) is 5.27. The van der Waals surface area contributed by atoms with E-state index in [1.165, 1.54) is 6.92 Å². The molecule has 0 fully saturated rings. The highest BCUT2D eigenvalue weighted by Gasteiger charge is 2.02. The summed E-state index contributed by atoms with van der Waals surface area (Å²) in [4.78, 5) is 22.1. The van der Waals surface area contributed by atoms with Gasteiger partial charge in [-0.3, -0.25) is 9.59 Å². The Morgan fingerprint density at radius 1 is 1.39 bits per heavy atom. The Bertz CT molecular complexity index is 455. The number of hydrogen-bond donors (Lipinski definition) is 3. The molecule has 18 heavy (non-hydrogen) atoms. The first-order chi connectivity index (χ1) is 8.61. The molecule has 0 atom stereocenters. The molecule has 0 heterocycles. The van der Waals surface area contributed by atoms with Crippen LogP contribution in [0.1, 0.15) is 12.5 Å². The van der Waals surface area contributed by atoms with Crippen molar-refractivity contribution in [2.75, 3.05) is 18.5 Å². The number of anilines is 1. The monoisotopic (exact) mass is 248 g/mol. The predicted octanol–water partition coefficient (Wildman–Crippen LogP) is 0.767. The second-order valence-corrected chi connectivity index (χ2v) is 3.67. The standard InChI is InChI=1S/C13H16N2O3/c1-10(17)14-9-13(18)15-12-6-2-4-11(8-12)5-3-7-16/h2-6,8,16H,7,9H2,1H3,(H,14,17)(H,15,18)/b5-3+. The van der Waals surface area contributed by atoms with Crippen molar-refractivity contribution in [2.24, 2.45) is 0 Å². The Kier molecular flexibility index (Phi) is 5.60. The van der Waals surface area contributed by atoms with Crippen molar-refractivity contribution < 1.29 is 14.7 Å². The normalized spacial score (nSPS) is 10.3. The zero-order valence-electron chi connectivity index (χ0n) is 10.1. The molecule has 0 bridgehead atoms. The fourth-order valence-corrected chi connectivity index (χ4v) is 1.32. The lowest BCUT2D eigenvalue weighted by atomic mass is 10.2. The van der Waals surface area contributed by atoms with Gasteiger partial charge in [0.25, 0.3) is 0 Å². The van der Waals surface area contributed by atoms with Crippen LogP contribution in [0.25, 0.3) is 6.08 Å². The lowest BCUT2D eigenvalue weighted by molar-refractivity contribution is -0.122. The molecule has 1 aromatic rings. The minimum Gasteiger partial charge on any atom is -0.392 e. The Labute approximate surface area is 106 Å². The maximum atomic E-state index is 11.5. The fourth-order valence-electron chi connectivity index (χ4n) is 1.32. The van der Waals surface area contributed by atoms with E-state index in [0.717, 1.165) is 5.56 Å². The molecule has 0 aromatic heterocycles. The number of nitrogens with one attached hydrogen (secondary N) is 2. The molecule has 0 aliphatic carbocycles.